The molecule has 0 aliphatic heterocycles. The lowest BCUT2D eigenvalue weighted by molar-refractivity contribution is 0.252. The van der Waals surface area contributed by atoms with Crippen LogP contribution in [-0.4, -0.2) is 16.8 Å². The highest BCUT2D eigenvalue weighted by Crippen LogP contribution is 2.20. The van der Waals surface area contributed by atoms with E-state index >= 15 is 0 Å². The molecule has 1 aromatic heterocycles. The number of carbonyl (C=O) groups excluding carboxylic acids is 1. The van der Waals surface area contributed by atoms with E-state index in [0.29, 0.717) is 0 Å². The molecule has 0 aliphatic rings. The first kappa shape index (κ1) is 19.4. The first-order chi connectivity index (χ1) is 13.5. The van der Waals surface area contributed by atoms with Crippen molar-refractivity contribution in [3.63, 3.8) is 0 Å². The van der Waals surface area contributed by atoms with Gasteiger partial charge in [0.05, 0.1) is 6.21 Å². The Bertz CT molecular complexity index is 1000. The number of urea groups is 1. The molecule has 0 atom stereocenters. The van der Waals surface area contributed by atoms with Crippen LogP contribution >= 0.6 is 0 Å². The monoisotopic (exact) mass is 374 g/mol. The third-order valence-electron chi connectivity index (χ3n) is 4.84. The maximum atomic E-state index is 12.1. The fraction of sp³-hybridized carbons (Fsp3) is 0.217. The molecule has 0 unspecified atom stereocenters. The summed E-state index contributed by atoms with van der Waals surface area (Å²) < 4.78 is 2.19. The second-order valence-electron chi connectivity index (χ2n) is 6.82. The SMILES string of the molecule is CCc1ccc(-n2c(C)cc(C=NNC(=O)Nc3ccccc3C)c2C)cc1. The summed E-state index contributed by atoms with van der Waals surface area (Å²) in [6, 6.07) is 17.9. The van der Waals surface area contributed by atoms with E-state index in [1.807, 2.05) is 31.2 Å². The number of hydrogen-bond donors (Lipinski definition) is 2. The molecule has 2 amide bonds. The van der Waals surface area contributed by atoms with Crippen LogP contribution in [0.5, 0.6) is 0 Å². The van der Waals surface area contributed by atoms with Crippen molar-refractivity contribution in [1.82, 2.24) is 9.99 Å². The fourth-order valence-corrected chi connectivity index (χ4v) is 3.22. The number of hydrazone groups is 1. The number of rotatable bonds is 5. The van der Waals surface area contributed by atoms with Crippen LogP contribution in [0.15, 0.2) is 59.7 Å². The smallest absolute Gasteiger partial charge is 0.318 e. The number of amides is 2. The predicted molar refractivity (Wildman–Crippen MR) is 116 cm³/mol. The highest BCUT2D eigenvalue weighted by atomic mass is 16.2. The summed E-state index contributed by atoms with van der Waals surface area (Å²) in [4.78, 5) is 12.1. The molecule has 144 valence electrons. The molecular formula is C23H26N4O. The quantitative estimate of drug-likeness (QED) is 0.472. The normalized spacial score (nSPS) is 11.0. The van der Waals surface area contributed by atoms with Gasteiger partial charge in [-0.05, 0) is 62.6 Å². The molecule has 28 heavy (non-hydrogen) atoms. The number of nitrogens with zero attached hydrogens (tertiary/aromatic N) is 2. The van der Waals surface area contributed by atoms with Gasteiger partial charge >= 0.3 is 6.03 Å². The zero-order valence-corrected chi connectivity index (χ0v) is 16.8. The van der Waals surface area contributed by atoms with E-state index in [1.54, 1.807) is 6.21 Å². The van der Waals surface area contributed by atoms with Crippen molar-refractivity contribution in [2.24, 2.45) is 5.10 Å². The van der Waals surface area contributed by atoms with Gasteiger partial charge in [0.15, 0.2) is 0 Å². The van der Waals surface area contributed by atoms with Crippen LogP contribution in [0.1, 0.15) is 35.0 Å². The summed E-state index contributed by atoms with van der Waals surface area (Å²) in [6.07, 6.45) is 2.70. The van der Waals surface area contributed by atoms with Crippen molar-refractivity contribution in [1.29, 1.82) is 0 Å². The molecule has 0 saturated heterocycles. The first-order valence-electron chi connectivity index (χ1n) is 9.43. The summed E-state index contributed by atoms with van der Waals surface area (Å²) in [6.45, 7) is 8.21. The lowest BCUT2D eigenvalue weighted by atomic mass is 10.1. The Morgan fingerprint density at radius 2 is 1.79 bits per heavy atom. The first-order valence-corrected chi connectivity index (χ1v) is 9.43. The van der Waals surface area contributed by atoms with Crippen LogP contribution < -0.4 is 10.7 Å². The van der Waals surface area contributed by atoms with Crippen molar-refractivity contribution < 1.29 is 4.79 Å². The van der Waals surface area contributed by atoms with Gasteiger partial charge < -0.3 is 9.88 Å². The van der Waals surface area contributed by atoms with Gasteiger partial charge in [0.1, 0.15) is 0 Å². The number of aromatic nitrogens is 1. The average Bonchev–Trinajstić information content (AvgIpc) is 2.97. The van der Waals surface area contributed by atoms with E-state index in [-0.39, 0.29) is 6.03 Å². The summed E-state index contributed by atoms with van der Waals surface area (Å²) in [5, 5.41) is 6.90. The van der Waals surface area contributed by atoms with Gasteiger partial charge in [0.2, 0.25) is 0 Å². The molecule has 1 heterocycles. The van der Waals surface area contributed by atoms with Gasteiger partial charge in [-0.1, -0.05) is 37.3 Å². The van der Waals surface area contributed by atoms with Gasteiger partial charge in [-0.25, -0.2) is 10.2 Å². The average molecular weight is 374 g/mol. The lowest BCUT2D eigenvalue weighted by Gasteiger charge is -2.10. The molecule has 3 rings (SSSR count). The Kier molecular flexibility index (Phi) is 5.94. The van der Waals surface area contributed by atoms with Crippen molar-refractivity contribution in [3.8, 4) is 5.69 Å². The molecule has 5 heteroatoms. The second kappa shape index (κ2) is 8.57. The predicted octanol–water partition coefficient (Wildman–Crippen LogP) is 5.12. The number of anilines is 1. The highest BCUT2D eigenvalue weighted by molar-refractivity contribution is 5.91. The molecule has 0 spiro atoms. The number of benzene rings is 2. The van der Waals surface area contributed by atoms with E-state index in [1.165, 1.54) is 5.56 Å². The largest absolute Gasteiger partial charge is 0.339 e. The van der Waals surface area contributed by atoms with Gasteiger partial charge in [-0.15, -0.1) is 0 Å². The zero-order valence-electron chi connectivity index (χ0n) is 16.8. The van der Waals surface area contributed by atoms with Crippen LogP contribution in [0.3, 0.4) is 0 Å². The van der Waals surface area contributed by atoms with Crippen molar-refractivity contribution in [3.05, 3.63) is 82.7 Å². The number of aryl methyl sites for hydroxylation is 3. The van der Waals surface area contributed by atoms with Crippen LogP contribution in [0.25, 0.3) is 5.69 Å². The van der Waals surface area contributed by atoms with Crippen LogP contribution in [0, 0.1) is 20.8 Å². The number of carbonyl (C=O) groups is 1. The lowest BCUT2D eigenvalue weighted by Crippen LogP contribution is -2.24. The second-order valence-corrected chi connectivity index (χ2v) is 6.82. The van der Waals surface area contributed by atoms with Crippen LogP contribution in [0.2, 0.25) is 0 Å². The van der Waals surface area contributed by atoms with Gasteiger partial charge in [-0.3, -0.25) is 0 Å². The van der Waals surface area contributed by atoms with E-state index in [9.17, 15) is 4.79 Å². The summed E-state index contributed by atoms with van der Waals surface area (Å²) in [5.74, 6) is 0. The molecule has 3 aromatic rings. The van der Waals surface area contributed by atoms with Crippen molar-refractivity contribution in [2.75, 3.05) is 5.32 Å². The van der Waals surface area contributed by atoms with Crippen molar-refractivity contribution >= 4 is 17.9 Å². The maximum Gasteiger partial charge on any atom is 0.339 e. The van der Waals surface area contributed by atoms with E-state index < -0.39 is 0 Å². The Morgan fingerprint density at radius 1 is 1.07 bits per heavy atom. The summed E-state index contributed by atoms with van der Waals surface area (Å²) >= 11 is 0. The zero-order chi connectivity index (χ0) is 20.1. The Labute approximate surface area is 166 Å². The fourth-order valence-electron chi connectivity index (χ4n) is 3.22. The van der Waals surface area contributed by atoms with E-state index in [0.717, 1.165) is 40.3 Å². The van der Waals surface area contributed by atoms with E-state index in [4.69, 9.17) is 0 Å². The minimum atomic E-state index is -0.366. The number of para-hydroxylation sites is 1. The topological polar surface area (TPSA) is 58.4 Å². The number of nitrogens with one attached hydrogen (secondary N) is 2. The van der Waals surface area contributed by atoms with Crippen molar-refractivity contribution in [2.45, 2.75) is 34.1 Å². The standard InChI is InChI=1S/C23H26N4O/c1-5-19-10-12-21(13-11-19)27-17(3)14-20(18(27)4)15-24-26-23(28)25-22-9-7-6-8-16(22)2/h6-15H,5H2,1-4H3,(H2,25,26,28). The third kappa shape index (κ3) is 4.31. The van der Waals surface area contributed by atoms with Gasteiger partial charge in [-0.2, -0.15) is 5.10 Å². The third-order valence-corrected chi connectivity index (χ3v) is 4.84. The number of hydrogen-bond acceptors (Lipinski definition) is 2. The molecule has 0 bridgehead atoms. The van der Waals surface area contributed by atoms with Gasteiger partial charge in [0.25, 0.3) is 0 Å². The molecule has 2 aromatic carbocycles. The molecule has 5 nitrogen and oxygen atoms in total. The molecule has 0 saturated carbocycles. The molecule has 0 aliphatic carbocycles. The van der Waals surface area contributed by atoms with Gasteiger partial charge in [0, 0.05) is 28.3 Å². The Hall–Kier alpha value is -3.34. The molecule has 0 radical (unpaired) electrons. The minimum Gasteiger partial charge on any atom is -0.318 e. The summed E-state index contributed by atoms with van der Waals surface area (Å²) in [5.41, 5.74) is 9.89. The minimum absolute atomic E-state index is 0.366. The molecule has 2 N–H and O–H groups in total. The maximum absolute atomic E-state index is 12.1. The Morgan fingerprint density at radius 3 is 2.46 bits per heavy atom. The van der Waals surface area contributed by atoms with Crippen LogP contribution in [0.4, 0.5) is 10.5 Å². The molecule has 0 fully saturated rings. The molecular weight excluding hydrogens is 348 g/mol. The highest BCUT2D eigenvalue weighted by Gasteiger charge is 2.09. The summed E-state index contributed by atoms with van der Waals surface area (Å²) in [7, 11) is 0. The Balaban J connectivity index is 1.70. The van der Waals surface area contributed by atoms with Crippen LogP contribution in [-0.2, 0) is 6.42 Å². The van der Waals surface area contributed by atoms with E-state index in [2.05, 4.69) is 71.5 Å².